The van der Waals surface area contributed by atoms with E-state index in [9.17, 15) is 14.3 Å². The molecule has 1 N–H and O–H groups in total. The Morgan fingerprint density at radius 1 is 1.33 bits per heavy atom. The second-order valence-electron chi connectivity index (χ2n) is 6.20. The van der Waals surface area contributed by atoms with Crippen LogP contribution in [-0.4, -0.2) is 73.4 Å². The van der Waals surface area contributed by atoms with E-state index in [-0.39, 0.29) is 24.2 Å². The van der Waals surface area contributed by atoms with Crippen LogP contribution in [0, 0.1) is 11.7 Å². The average molecular weight is 338 g/mol. The van der Waals surface area contributed by atoms with Crippen LogP contribution in [0.4, 0.5) is 4.39 Å². The van der Waals surface area contributed by atoms with Crippen molar-refractivity contribution in [3.05, 3.63) is 35.6 Å². The number of morpholine rings is 1. The molecule has 1 aromatic rings. The summed E-state index contributed by atoms with van der Waals surface area (Å²) in [7, 11) is 0. The van der Waals surface area contributed by atoms with Crippen LogP contribution in [0.2, 0.25) is 0 Å². The van der Waals surface area contributed by atoms with Crippen molar-refractivity contribution in [2.75, 3.05) is 52.5 Å². The Morgan fingerprint density at radius 3 is 2.71 bits per heavy atom. The first-order valence-electron chi connectivity index (χ1n) is 8.55. The highest BCUT2D eigenvalue weighted by molar-refractivity contribution is 5.78. The van der Waals surface area contributed by atoms with Gasteiger partial charge in [0.1, 0.15) is 5.82 Å². The van der Waals surface area contributed by atoms with Crippen LogP contribution in [0.25, 0.3) is 0 Å². The molecule has 1 heterocycles. The molecule has 0 aromatic heterocycles. The third-order valence-corrected chi connectivity index (χ3v) is 4.38. The Hall–Kier alpha value is -1.50. The van der Waals surface area contributed by atoms with E-state index in [4.69, 9.17) is 4.74 Å². The Morgan fingerprint density at radius 2 is 2.04 bits per heavy atom. The normalized spacial score (nSPS) is 16.8. The number of carbonyl (C=O) groups is 1. The minimum Gasteiger partial charge on any atom is -0.395 e. The number of nitrogens with zero attached hydrogens (tertiary/aromatic N) is 2. The molecule has 5 nitrogen and oxygen atoms in total. The van der Waals surface area contributed by atoms with Crippen LogP contribution < -0.4 is 0 Å². The fraction of sp³-hybridized carbons (Fsp3) is 0.611. The molecule has 1 amide bonds. The molecule has 2 rings (SSSR count). The zero-order valence-corrected chi connectivity index (χ0v) is 14.3. The summed E-state index contributed by atoms with van der Waals surface area (Å²) in [4.78, 5) is 16.6. The molecule has 0 spiro atoms. The van der Waals surface area contributed by atoms with Gasteiger partial charge in [0.15, 0.2) is 0 Å². The molecule has 1 fully saturated rings. The van der Waals surface area contributed by atoms with Crippen LogP contribution in [0.5, 0.6) is 0 Å². The number of hydrogen-bond donors (Lipinski definition) is 1. The number of benzene rings is 1. The number of carbonyl (C=O) groups excluding carboxylic acids is 1. The maximum absolute atomic E-state index is 13.8. The van der Waals surface area contributed by atoms with E-state index < -0.39 is 0 Å². The lowest BCUT2D eigenvalue weighted by Crippen LogP contribution is -2.45. The van der Waals surface area contributed by atoms with Crippen LogP contribution in [0.15, 0.2) is 24.3 Å². The summed E-state index contributed by atoms with van der Waals surface area (Å²) in [5, 5.41) is 9.25. The SMILES string of the molecule is CC(Cc1ccccc1F)C(=O)N(CCO)CCN1CCOCC1. The Bertz CT molecular complexity index is 521. The van der Waals surface area contributed by atoms with Crippen molar-refractivity contribution >= 4 is 5.91 Å². The zero-order chi connectivity index (χ0) is 17.4. The molecular formula is C18H27FN2O3. The number of ether oxygens (including phenoxy) is 1. The fourth-order valence-electron chi connectivity index (χ4n) is 2.93. The number of halogens is 1. The van der Waals surface area contributed by atoms with Crippen LogP contribution in [0.3, 0.4) is 0 Å². The molecule has 1 aliphatic heterocycles. The number of amides is 1. The monoisotopic (exact) mass is 338 g/mol. The van der Waals surface area contributed by atoms with Crippen molar-refractivity contribution in [3.63, 3.8) is 0 Å². The smallest absolute Gasteiger partial charge is 0.225 e. The predicted molar refractivity (Wildman–Crippen MR) is 90.2 cm³/mol. The highest BCUT2D eigenvalue weighted by atomic mass is 19.1. The van der Waals surface area contributed by atoms with Gasteiger partial charge in [0.05, 0.1) is 19.8 Å². The van der Waals surface area contributed by atoms with Gasteiger partial charge in [0.25, 0.3) is 0 Å². The lowest BCUT2D eigenvalue weighted by molar-refractivity contribution is -0.135. The summed E-state index contributed by atoms with van der Waals surface area (Å²) in [6.07, 6.45) is 0.366. The van der Waals surface area contributed by atoms with Gasteiger partial charge in [-0.3, -0.25) is 9.69 Å². The summed E-state index contributed by atoms with van der Waals surface area (Å²) in [5.74, 6) is -0.641. The Labute approximate surface area is 143 Å². The van der Waals surface area contributed by atoms with E-state index in [0.29, 0.717) is 25.1 Å². The highest BCUT2D eigenvalue weighted by Crippen LogP contribution is 2.15. The minimum absolute atomic E-state index is 0.0411. The first-order chi connectivity index (χ1) is 11.6. The van der Waals surface area contributed by atoms with Crippen molar-refractivity contribution in [2.45, 2.75) is 13.3 Å². The maximum Gasteiger partial charge on any atom is 0.225 e. The molecule has 1 saturated heterocycles. The van der Waals surface area contributed by atoms with Crippen LogP contribution in [-0.2, 0) is 16.0 Å². The Kier molecular flexibility index (Phi) is 7.62. The molecule has 1 aromatic carbocycles. The maximum atomic E-state index is 13.8. The minimum atomic E-state index is -0.321. The lowest BCUT2D eigenvalue weighted by Gasteiger charge is -2.31. The summed E-state index contributed by atoms with van der Waals surface area (Å²) in [6, 6.07) is 6.55. The van der Waals surface area contributed by atoms with Gasteiger partial charge in [-0.25, -0.2) is 4.39 Å². The van der Waals surface area contributed by atoms with Crippen LogP contribution in [0.1, 0.15) is 12.5 Å². The van der Waals surface area contributed by atoms with Crippen molar-refractivity contribution in [1.82, 2.24) is 9.80 Å². The van der Waals surface area contributed by atoms with Gasteiger partial charge in [0.2, 0.25) is 5.91 Å². The molecule has 0 radical (unpaired) electrons. The van der Waals surface area contributed by atoms with Crippen molar-refractivity contribution in [3.8, 4) is 0 Å². The van der Waals surface area contributed by atoms with E-state index in [2.05, 4.69) is 4.90 Å². The zero-order valence-electron chi connectivity index (χ0n) is 14.3. The van der Waals surface area contributed by atoms with E-state index in [0.717, 1.165) is 32.8 Å². The number of aliphatic hydroxyl groups is 1. The molecule has 1 aliphatic rings. The first-order valence-corrected chi connectivity index (χ1v) is 8.55. The van der Waals surface area contributed by atoms with Crippen LogP contribution >= 0.6 is 0 Å². The van der Waals surface area contributed by atoms with E-state index in [1.807, 2.05) is 6.92 Å². The van der Waals surface area contributed by atoms with Gasteiger partial charge in [0, 0.05) is 38.6 Å². The number of aliphatic hydroxyl groups excluding tert-OH is 1. The summed E-state index contributed by atoms with van der Waals surface area (Å²) in [6.45, 7) is 6.57. The van der Waals surface area contributed by atoms with Gasteiger partial charge < -0.3 is 14.7 Å². The topological polar surface area (TPSA) is 53.0 Å². The third-order valence-electron chi connectivity index (χ3n) is 4.38. The lowest BCUT2D eigenvalue weighted by atomic mass is 9.99. The van der Waals surface area contributed by atoms with Gasteiger partial charge >= 0.3 is 0 Å². The van der Waals surface area contributed by atoms with E-state index in [1.165, 1.54) is 6.07 Å². The van der Waals surface area contributed by atoms with Gasteiger partial charge in [-0.1, -0.05) is 25.1 Å². The molecule has 6 heteroatoms. The van der Waals surface area contributed by atoms with Gasteiger partial charge in [-0.15, -0.1) is 0 Å². The van der Waals surface area contributed by atoms with Crippen molar-refractivity contribution in [1.29, 1.82) is 0 Å². The second-order valence-corrected chi connectivity index (χ2v) is 6.20. The van der Waals surface area contributed by atoms with E-state index >= 15 is 0 Å². The standard InChI is InChI=1S/C18H27FN2O3/c1-15(14-16-4-2-3-5-17(16)19)18(23)21(8-11-22)7-6-20-9-12-24-13-10-20/h2-5,15,22H,6-14H2,1H3. The quantitative estimate of drug-likeness (QED) is 0.773. The van der Waals surface area contributed by atoms with E-state index in [1.54, 1.807) is 23.1 Å². The first kappa shape index (κ1) is 18.8. The predicted octanol–water partition coefficient (Wildman–Crippen LogP) is 1.16. The number of rotatable bonds is 8. The largest absolute Gasteiger partial charge is 0.395 e. The Balaban J connectivity index is 1.90. The molecule has 134 valence electrons. The number of hydrogen-bond acceptors (Lipinski definition) is 4. The molecule has 1 unspecified atom stereocenters. The third kappa shape index (κ3) is 5.54. The molecule has 24 heavy (non-hydrogen) atoms. The molecule has 0 bridgehead atoms. The van der Waals surface area contributed by atoms with Crippen molar-refractivity contribution in [2.24, 2.45) is 5.92 Å². The van der Waals surface area contributed by atoms with Gasteiger partial charge in [-0.2, -0.15) is 0 Å². The molecule has 0 aliphatic carbocycles. The fourth-order valence-corrected chi connectivity index (χ4v) is 2.93. The highest BCUT2D eigenvalue weighted by Gasteiger charge is 2.22. The van der Waals surface area contributed by atoms with Crippen molar-refractivity contribution < 1.29 is 19.0 Å². The summed E-state index contributed by atoms with van der Waals surface area (Å²) >= 11 is 0. The molecule has 0 saturated carbocycles. The molecular weight excluding hydrogens is 311 g/mol. The summed E-state index contributed by atoms with van der Waals surface area (Å²) < 4.78 is 19.1. The van der Waals surface area contributed by atoms with Gasteiger partial charge in [-0.05, 0) is 18.1 Å². The summed E-state index contributed by atoms with van der Waals surface area (Å²) in [5.41, 5.74) is 0.551. The molecule has 1 atom stereocenters. The second kappa shape index (κ2) is 9.71. The average Bonchev–Trinajstić information content (AvgIpc) is 2.61.